The zero-order valence-electron chi connectivity index (χ0n) is 23.7. The first kappa shape index (κ1) is 32.2. The summed E-state index contributed by atoms with van der Waals surface area (Å²) in [6.07, 6.45) is 1.19. The summed E-state index contributed by atoms with van der Waals surface area (Å²) in [6, 6.07) is 19.9. The molecule has 3 aromatic carbocycles. The maximum atomic E-state index is 14.2. The van der Waals surface area contributed by atoms with Gasteiger partial charge in [-0.3, -0.25) is 13.9 Å². The summed E-state index contributed by atoms with van der Waals surface area (Å²) in [4.78, 5) is 29.3. The molecule has 2 amide bonds. The molecule has 3 aromatic rings. The van der Waals surface area contributed by atoms with Gasteiger partial charge in [0.05, 0.1) is 24.1 Å². The third-order valence-corrected chi connectivity index (χ3v) is 7.79. The molecule has 8 nitrogen and oxygen atoms in total. The molecule has 1 N–H and O–H groups in total. The standard InChI is InChI=1S/C30H35Cl2N3O5S/c1-30(2,3)33-29(37)27(17-21-10-7-6-8-11-21)34(19-22-12-9-13-24(16-22)40-4)28(36)20-35(41(5,38)39)26-18-23(31)14-15-25(26)32/h6-16,18,27H,17,19-20H2,1-5H3,(H,33,37)/t27-/m1/s1. The molecule has 0 spiro atoms. The van der Waals surface area contributed by atoms with E-state index in [1.165, 1.54) is 30.2 Å². The number of benzene rings is 3. The highest BCUT2D eigenvalue weighted by atomic mass is 35.5. The van der Waals surface area contributed by atoms with Crippen LogP contribution in [0.1, 0.15) is 31.9 Å². The Labute approximate surface area is 252 Å². The second-order valence-electron chi connectivity index (χ2n) is 10.7. The van der Waals surface area contributed by atoms with Crippen molar-refractivity contribution >= 4 is 50.7 Å². The predicted octanol–water partition coefficient (Wildman–Crippen LogP) is 5.32. The number of hydrogen-bond acceptors (Lipinski definition) is 5. The lowest BCUT2D eigenvalue weighted by atomic mass is 10.0. The molecule has 0 aliphatic heterocycles. The average molecular weight is 621 g/mol. The molecule has 3 rings (SSSR count). The van der Waals surface area contributed by atoms with Gasteiger partial charge in [-0.15, -0.1) is 0 Å². The lowest BCUT2D eigenvalue weighted by Gasteiger charge is -2.35. The number of ether oxygens (including phenoxy) is 1. The van der Waals surface area contributed by atoms with Crippen LogP contribution in [-0.4, -0.2) is 56.6 Å². The van der Waals surface area contributed by atoms with Crippen molar-refractivity contribution < 1.29 is 22.7 Å². The number of methoxy groups -OCH3 is 1. The van der Waals surface area contributed by atoms with E-state index in [1.807, 2.05) is 57.2 Å². The summed E-state index contributed by atoms with van der Waals surface area (Å²) in [5.41, 5.74) is 1.02. The molecule has 0 saturated carbocycles. The van der Waals surface area contributed by atoms with E-state index >= 15 is 0 Å². The number of nitrogens with zero attached hydrogens (tertiary/aromatic N) is 2. The lowest BCUT2D eigenvalue weighted by molar-refractivity contribution is -0.140. The summed E-state index contributed by atoms with van der Waals surface area (Å²) in [6.45, 7) is 4.98. The van der Waals surface area contributed by atoms with Gasteiger partial charge in [0, 0.05) is 23.5 Å². The fourth-order valence-corrected chi connectivity index (χ4v) is 5.54. The Balaban J connectivity index is 2.11. The normalized spacial score (nSPS) is 12.4. The largest absolute Gasteiger partial charge is 0.497 e. The highest BCUT2D eigenvalue weighted by Gasteiger charge is 2.34. The molecule has 0 unspecified atom stereocenters. The summed E-state index contributed by atoms with van der Waals surface area (Å²) in [5, 5.41) is 3.35. The molecule has 0 bridgehead atoms. The number of anilines is 1. The molecular formula is C30H35Cl2N3O5S. The maximum Gasteiger partial charge on any atom is 0.244 e. The molecule has 220 valence electrons. The fourth-order valence-electron chi connectivity index (χ4n) is 4.25. The van der Waals surface area contributed by atoms with Crippen LogP contribution in [0.25, 0.3) is 0 Å². The Kier molecular flexibility index (Phi) is 10.7. The van der Waals surface area contributed by atoms with E-state index in [0.717, 1.165) is 16.1 Å². The van der Waals surface area contributed by atoms with Crippen LogP contribution in [0.5, 0.6) is 5.75 Å². The monoisotopic (exact) mass is 619 g/mol. The van der Waals surface area contributed by atoms with Crippen molar-refractivity contribution in [1.82, 2.24) is 10.2 Å². The molecule has 0 fully saturated rings. The zero-order chi connectivity index (χ0) is 30.4. The van der Waals surface area contributed by atoms with Crippen molar-refractivity contribution in [1.29, 1.82) is 0 Å². The van der Waals surface area contributed by atoms with E-state index in [4.69, 9.17) is 27.9 Å². The number of sulfonamides is 1. The van der Waals surface area contributed by atoms with Crippen LogP contribution < -0.4 is 14.4 Å². The van der Waals surface area contributed by atoms with Gasteiger partial charge in [0.25, 0.3) is 0 Å². The molecule has 41 heavy (non-hydrogen) atoms. The van der Waals surface area contributed by atoms with Crippen molar-refractivity contribution in [3.8, 4) is 5.75 Å². The van der Waals surface area contributed by atoms with E-state index in [2.05, 4.69) is 5.32 Å². The molecule has 0 aliphatic carbocycles. The number of rotatable bonds is 11. The van der Waals surface area contributed by atoms with Gasteiger partial charge in [-0.05, 0) is 62.2 Å². The van der Waals surface area contributed by atoms with Crippen molar-refractivity contribution in [2.24, 2.45) is 0 Å². The van der Waals surface area contributed by atoms with Crippen LogP contribution in [0.15, 0.2) is 72.8 Å². The third kappa shape index (κ3) is 9.38. The van der Waals surface area contributed by atoms with E-state index < -0.39 is 34.1 Å². The summed E-state index contributed by atoms with van der Waals surface area (Å²) in [5.74, 6) is -0.388. The molecule has 0 aromatic heterocycles. The Morgan fingerprint density at radius 1 is 0.951 bits per heavy atom. The highest BCUT2D eigenvalue weighted by molar-refractivity contribution is 7.92. The SMILES string of the molecule is COc1cccc(CN(C(=O)CN(c2cc(Cl)ccc2Cl)S(C)(=O)=O)[C@H](Cc2ccccc2)C(=O)NC(C)(C)C)c1. The summed E-state index contributed by atoms with van der Waals surface area (Å²) in [7, 11) is -2.44. The molecule has 0 radical (unpaired) electrons. The van der Waals surface area contributed by atoms with Gasteiger partial charge in [-0.25, -0.2) is 8.42 Å². The third-order valence-electron chi connectivity index (χ3n) is 6.11. The van der Waals surface area contributed by atoms with Gasteiger partial charge >= 0.3 is 0 Å². The van der Waals surface area contributed by atoms with E-state index in [0.29, 0.717) is 11.3 Å². The van der Waals surface area contributed by atoms with Crippen LogP contribution in [0.3, 0.4) is 0 Å². The first-order valence-electron chi connectivity index (χ1n) is 12.9. The first-order valence-corrected chi connectivity index (χ1v) is 15.5. The number of hydrogen-bond donors (Lipinski definition) is 1. The van der Waals surface area contributed by atoms with E-state index in [-0.39, 0.29) is 34.6 Å². The van der Waals surface area contributed by atoms with E-state index in [9.17, 15) is 18.0 Å². The van der Waals surface area contributed by atoms with Gasteiger partial charge in [0.2, 0.25) is 21.8 Å². The van der Waals surface area contributed by atoms with Gasteiger partial charge in [-0.1, -0.05) is 65.7 Å². The number of halogens is 2. The molecule has 0 heterocycles. The quantitative estimate of drug-likeness (QED) is 0.313. The minimum Gasteiger partial charge on any atom is -0.497 e. The smallest absolute Gasteiger partial charge is 0.244 e. The van der Waals surface area contributed by atoms with Crippen LogP contribution in [0, 0.1) is 0 Å². The van der Waals surface area contributed by atoms with Crippen molar-refractivity contribution in [2.75, 3.05) is 24.2 Å². The van der Waals surface area contributed by atoms with Crippen LogP contribution in [0.4, 0.5) is 5.69 Å². The number of nitrogens with one attached hydrogen (secondary N) is 1. The zero-order valence-corrected chi connectivity index (χ0v) is 26.1. The molecule has 1 atom stereocenters. The van der Waals surface area contributed by atoms with Crippen molar-refractivity contribution in [3.05, 3.63) is 94.0 Å². The van der Waals surface area contributed by atoms with Crippen LogP contribution in [-0.2, 0) is 32.6 Å². The predicted molar refractivity (Wildman–Crippen MR) is 164 cm³/mol. The molecule has 0 saturated heterocycles. The Morgan fingerprint density at radius 2 is 1.61 bits per heavy atom. The average Bonchev–Trinajstić information content (AvgIpc) is 2.89. The molecule has 0 aliphatic rings. The van der Waals surface area contributed by atoms with Gasteiger partial charge in [0.15, 0.2) is 0 Å². The number of carbonyl (C=O) groups excluding carboxylic acids is 2. The minimum atomic E-state index is -3.98. The van der Waals surface area contributed by atoms with Gasteiger partial charge < -0.3 is 15.0 Å². The minimum absolute atomic E-state index is 0.0198. The van der Waals surface area contributed by atoms with Gasteiger partial charge in [-0.2, -0.15) is 0 Å². The van der Waals surface area contributed by atoms with Crippen LogP contribution >= 0.6 is 23.2 Å². The lowest BCUT2D eigenvalue weighted by Crippen LogP contribution is -2.56. The summed E-state index contributed by atoms with van der Waals surface area (Å²) >= 11 is 12.5. The van der Waals surface area contributed by atoms with E-state index in [1.54, 1.807) is 18.2 Å². The maximum absolute atomic E-state index is 14.2. The van der Waals surface area contributed by atoms with Gasteiger partial charge in [0.1, 0.15) is 18.3 Å². The highest BCUT2D eigenvalue weighted by Crippen LogP contribution is 2.31. The second-order valence-corrected chi connectivity index (χ2v) is 13.4. The summed E-state index contributed by atoms with van der Waals surface area (Å²) < 4.78 is 32.1. The number of amides is 2. The molecular weight excluding hydrogens is 585 g/mol. The number of carbonyl (C=O) groups is 2. The first-order chi connectivity index (χ1) is 19.2. The van der Waals surface area contributed by atoms with Crippen molar-refractivity contribution in [2.45, 2.75) is 45.3 Å². The Bertz CT molecular complexity index is 1480. The second kappa shape index (κ2) is 13.6. The topological polar surface area (TPSA) is 96.0 Å². The van der Waals surface area contributed by atoms with Crippen molar-refractivity contribution in [3.63, 3.8) is 0 Å². The Morgan fingerprint density at radius 3 is 2.22 bits per heavy atom. The molecule has 11 heteroatoms. The Hall–Kier alpha value is -3.27. The fraction of sp³-hybridized carbons (Fsp3) is 0.333. The van der Waals surface area contributed by atoms with Crippen LogP contribution in [0.2, 0.25) is 10.0 Å².